The van der Waals surface area contributed by atoms with Crippen LogP contribution in [0.25, 0.3) is 10.9 Å². The molecule has 1 amide bonds. The van der Waals surface area contributed by atoms with Crippen molar-refractivity contribution in [3.05, 3.63) is 77.5 Å². The molecule has 4 rings (SSSR count). The summed E-state index contributed by atoms with van der Waals surface area (Å²) >= 11 is 0. The summed E-state index contributed by atoms with van der Waals surface area (Å²) in [5.41, 5.74) is 2.56. The van der Waals surface area contributed by atoms with E-state index < -0.39 is 5.97 Å². The molecule has 1 aromatic heterocycles. The van der Waals surface area contributed by atoms with Crippen molar-refractivity contribution >= 4 is 22.8 Å². The van der Waals surface area contributed by atoms with Crippen LogP contribution in [0.15, 0.2) is 60.8 Å². The van der Waals surface area contributed by atoms with Gasteiger partial charge in [-0.25, -0.2) is 4.79 Å². The van der Waals surface area contributed by atoms with E-state index in [0.29, 0.717) is 24.2 Å². The third kappa shape index (κ3) is 2.81. The summed E-state index contributed by atoms with van der Waals surface area (Å²) in [4.78, 5) is 30.6. The molecular formula is C21H18N2O3. The maximum Gasteiger partial charge on any atom is 0.335 e. The average molecular weight is 346 g/mol. The number of aromatic nitrogens is 1. The van der Waals surface area contributed by atoms with Gasteiger partial charge >= 0.3 is 5.97 Å². The lowest BCUT2D eigenvalue weighted by molar-refractivity contribution is 0.0695. The van der Waals surface area contributed by atoms with Crippen LogP contribution < -0.4 is 0 Å². The quantitative estimate of drug-likeness (QED) is 0.787. The van der Waals surface area contributed by atoms with Crippen molar-refractivity contribution in [1.29, 1.82) is 0 Å². The molecule has 1 atom stereocenters. The molecule has 1 N–H and O–H groups in total. The summed E-state index contributed by atoms with van der Waals surface area (Å²) in [5, 5.41) is 10.3. The van der Waals surface area contributed by atoms with Gasteiger partial charge in [-0.15, -0.1) is 0 Å². The maximum absolute atomic E-state index is 13.0. The number of benzene rings is 2. The molecule has 0 radical (unpaired) electrons. The molecule has 2 heterocycles. The number of hydrogen-bond acceptors (Lipinski definition) is 3. The van der Waals surface area contributed by atoms with Gasteiger partial charge in [-0.3, -0.25) is 9.78 Å². The first kappa shape index (κ1) is 16.3. The van der Waals surface area contributed by atoms with Gasteiger partial charge in [0, 0.05) is 36.2 Å². The predicted octanol–water partition coefficient (Wildman–Crippen LogP) is 3.56. The number of nitrogens with zero attached hydrogens (tertiary/aromatic N) is 2. The van der Waals surface area contributed by atoms with Gasteiger partial charge in [0.15, 0.2) is 0 Å². The average Bonchev–Trinajstić information content (AvgIpc) is 3.17. The SMILES string of the molecule is O=C(O)c1ccccc1[C@@H]1CCN(C(=O)c2cccc3ncccc23)C1. The smallest absolute Gasteiger partial charge is 0.335 e. The van der Waals surface area contributed by atoms with Gasteiger partial charge in [0.2, 0.25) is 0 Å². The Morgan fingerprint density at radius 3 is 2.65 bits per heavy atom. The highest BCUT2D eigenvalue weighted by Gasteiger charge is 2.30. The fourth-order valence-corrected chi connectivity index (χ4v) is 3.71. The largest absolute Gasteiger partial charge is 0.478 e. The van der Waals surface area contributed by atoms with Crippen LogP contribution in [-0.2, 0) is 0 Å². The molecule has 130 valence electrons. The number of carboxylic acids is 1. The Kier molecular flexibility index (Phi) is 4.13. The van der Waals surface area contributed by atoms with Crippen molar-refractivity contribution in [3.63, 3.8) is 0 Å². The molecular weight excluding hydrogens is 328 g/mol. The highest BCUT2D eigenvalue weighted by atomic mass is 16.4. The van der Waals surface area contributed by atoms with Crippen molar-refractivity contribution < 1.29 is 14.7 Å². The van der Waals surface area contributed by atoms with Gasteiger partial charge in [0.05, 0.1) is 11.1 Å². The number of amides is 1. The first-order valence-corrected chi connectivity index (χ1v) is 8.60. The van der Waals surface area contributed by atoms with Crippen LogP contribution in [0.1, 0.15) is 38.6 Å². The first-order chi connectivity index (χ1) is 12.6. The number of carbonyl (C=O) groups excluding carboxylic acids is 1. The third-order valence-electron chi connectivity index (χ3n) is 4.98. The number of likely N-dealkylation sites (tertiary alicyclic amines) is 1. The van der Waals surface area contributed by atoms with Crippen LogP contribution in [0.2, 0.25) is 0 Å². The Balaban J connectivity index is 1.61. The molecule has 1 fully saturated rings. The van der Waals surface area contributed by atoms with Crippen molar-refractivity contribution in [2.24, 2.45) is 0 Å². The second-order valence-corrected chi connectivity index (χ2v) is 6.50. The number of aromatic carboxylic acids is 1. The molecule has 1 aliphatic rings. The summed E-state index contributed by atoms with van der Waals surface area (Å²) in [6, 6.07) is 16.3. The molecule has 5 nitrogen and oxygen atoms in total. The highest BCUT2D eigenvalue weighted by Crippen LogP contribution is 2.31. The standard InChI is InChI=1S/C21H18N2O3/c24-20(17-7-3-9-19-16(17)8-4-11-22-19)23-12-10-14(13-23)15-5-1-2-6-18(15)21(25)26/h1-9,11,14H,10,12-13H2,(H,25,26)/t14-/m1/s1. The van der Waals surface area contributed by atoms with Crippen molar-refractivity contribution in [2.75, 3.05) is 13.1 Å². The number of rotatable bonds is 3. The summed E-state index contributed by atoms with van der Waals surface area (Å²) < 4.78 is 0. The van der Waals surface area contributed by atoms with E-state index in [-0.39, 0.29) is 11.8 Å². The first-order valence-electron chi connectivity index (χ1n) is 8.60. The van der Waals surface area contributed by atoms with Gasteiger partial charge in [0.1, 0.15) is 0 Å². The minimum atomic E-state index is -0.925. The molecule has 26 heavy (non-hydrogen) atoms. The van der Waals surface area contributed by atoms with E-state index in [9.17, 15) is 14.7 Å². The lowest BCUT2D eigenvalue weighted by Gasteiger charge is -2.18. The fraction of sp³-hybridized carbons (Fsp3) is 0.190. The Labute approximate surface area is 150 Å². The van der Waals surface area contributed by atoms with E-state index >= 15 is 0 Å². The number of pyridine rings is 1. The van der Waals surface area contributed by atoms with E-state index in [4.69, 9.17) is 0 Å². The predicted molar refractivity (Wildman–Crippen MR) is 98.4 cm³/mol. The molecule has 1 saturated heterocycles. The number of carbonyl (C=O) groups is 2. The molecule has 3 aromatic rings. The molecule has 0 unspecified atom stereocenters. The topological polar surface area (TPSA) is 70.5 Å². The number of hydrogen-bond donors (Lipinski definition) is 1. The zero-order valence-electron chi connectivity index (χ0n) is 14.1. The second-order valence-electron chi connectivity index (χ2n) is 6.50. The summed E-state index contributed by atoms with van der Waals surface area (Å²) in [6.07, 6.45) is 2.48. The molecule has 0 aliphatic carbocycles. The summed E-state index contributed by atoms with van der Waals surface area (Å²) in [6.45, 7) is 1.15. The molecule has 0 saturated carbocycles. The van der Waals surface area contributed by atoms with Crippen LogP contribution in [0.3, 0.4) is 0 Å². The molecule has 2 aromatic carbocycles. The van der Waals surface area contributed by atoms with E-state index in [1.54, 1.807) is 18.3 Å². The minimum Gasteiger partial charge on any atom is -0.478 e. The lowest BCUT2D eigenvalue weighted by atomic mass is 9.93. The van der Waals surface area contributed by atoms with Gasteiger partial charge < -0.3 is 10.0 Å². The fourth-order valence-electron chi connectivity index (χ4n) is 3.71. The molecule has 5 heteroatoms. The van der Waals surface area contributed by atoms with Crippen LogP contribution in [0.4, 0.5) is 0 Å². The Bertz CT molecular complexity index is 994. The number of fused-ring (bicyclic) bond motifs is 1. The van der Waals surface area contributed by atoms with Gasteiger partial charge in [-0.2, -0.15) is 0 Å². The lowest BCUT2D eigenvalue weighted by Crippen LogP contribution is -2.28. The van der Waals surface area contributed by atoms with Gasteiger partial charge in [-0.1, -0.05) is 30.3 Å². The van der Waals surface area contributed by atoms with E-state index in [0.717, 1.165) is 22.9 Å². The van der Waals surface area contributed by atoms with E-state index in [2.05, 4.69) is 4.98 Å². The van der Waals surface area contributed by atoms with Crippen molar-refractivity contribution in [3.8, 4) is 0 Å². The Morgan fingerprint density at radius 2 is 1.81 bits per heavy atom. The molecule has 0 spiro atoms. The van der Waals surface area contributed by atoms with Crippen molar-refractivity contribution in [2.45, 2.75) is 12.3 Å². The summed E-state index contributed by atoms with van der Waals surface area (Å²) in [7, 11) is 0. The normalized spacial score (nSPS) is 16.8. The molecule has 1 aliphatic heterocycles. The van der Waals surface area contributed by atoms with E-state index in [1.807, 2.05) is 47.4 Å². The second kappa shape index (κ2) is 6.59. The zero-order chi connectivity index (χ0) is 18.1. The Morgan fingerprint density at radius 1 is 1.00 bits per heavy atom. The van der Waals surface area contributed by atoms with Crippen LogP contribution in [0, 0.1) is 0 Å². The zero-order valence-corrected chi connectivity index (χ0v) is 14.1. The highest BCUT2D eigenvalue weighted by molar-refractivity contribution is 6.06. The summed E-state index contributed by atoms with van der Waals surface area (Å²) in [5.74, 6) is -0.913. The third-order valence-corrected chi connectivity index (χ3v) is 4.98. The minimum absolute atomic E-state index is 0.0288. The van der Waals surface area contributed by atoms with E-state index in [1.165, 1.54) is 0 Å². The number of carboxylic acid groups (broad SMARTS) is 1. The van der Waals surface area contributed by atoms with Crippen LogP contribution in [0.5, 0.6) is 0 Å². The van der Waals surface area contributed by atoms with Crippen LogP contribution >= 0.6 is 0 Å². The maximum atomic E-state index is 13.0. The monoisotopic (exact) mass is 346 g/mol. The van der Waals surface area contributed by atoms with Crippen molar-refractivity contribution in [1.82, 2.24) is 9.88 Å². The Hall–Kier alpha value is -3.21. The van der Waals surface area contributed by atoms with Crippen LogP contribution in [-0.4, -0.2) is 40.0 Å². The van der Waals surface area contributed by atoms with Gasteiger partial charge in [0.25, 0.3) is 5.91 Å². The van der Waals surface area contributed by atoms with Gasteiger partial charge in [-0.05, 0) is 36.2 Å². The molecule has 0 bridgehead atoms.